The molecule has 23 heavy (non-hydrogen) atoms. The molecule has 10 heteroatoms. The van der Waals surface area contributed by atoms with Crippen LogP contribution in [0, 0.1) is 0 Å². The van der Waals surface area contributed by atoms with E-state index in [4.69, 9.17) is 11.6 Å². The van der Waals surface area contributed by atoms with Gasteiger partial charge in [0.05, 0.1) is 4.47 Å². The molecule has 2 aromatic rings. The lowest BCUT2D eigenvalue weighted by Gasteiger charge is -2.08. The first-order valence-corrected chi connectivity index (χ1v) is 8.78. The van der Waals surface area contributed by atoms with E-state index in [1.54, 1.807) is 0 Å². The second kappa shape index (κ2) is 7.52. The van der Waals surface area contributed by atoms with Gasteiger partial charge in [0.1, 0.15) is 15.8 Å². The van der Waals surface area contributed by atoms with Gasteiger partial charge in [-0.1, -0.05) is 23.7 Å². The normalized spacial score (nSPS) is 11.7. The summed E-state index contributed by atoms with van der Waals surface area (Å²) in [6, 6.07) is 6.95. The van der Waals surface area contributed by atoms with Crippen LogP contribution in [0.5, 0.6) is 5.75 Å². The molecule has 5 nitrogen and oxygen atoms in total. The first-order valence-electron chi connectivity index (χ1n) is 6.12. The van der Waals surface area contributed by atoms with Crippen molar-refractivity contribution in [2.75, 3.05) is 0 Å². The molecule has 0 aliphatic rings. The van der Waals surface area contributed by atoms with Crippen LogP contribution in [0.2, 0.25) is 5.15 Å². The van der Waals surface area contributed by atoms with Gasteiger partial charge < -0.3 is 4.74 Å². The van der Waals surface area contributed by atoms with Gasteiger partial charge in [-0.05, 0) is 39.7 Å². The highest BCUT2D eigenvalue weighted by atomic mass is 79.9. The molecule has 0 aliphatic carbocycles. The molecule has 1 aromatic carbocycles. The molecule has 124 valence electrons. The summed E-state index contributed by atoms with van der Waals surface area (Å²) < 4.78 is 55.3. The number of benzene rings is 1. The predicted octanol–water partition coefficient (Wildman–Crippen LogP) is 3.58. The number of halogens is 4. The second-order valence-electron chi connectivity index (χ2n) is 4.29. The van der Waals surface area contributed by atoms with Crippen LogP contribution < -0.4 is 9.46 Å². The van der Waals surface area contributed by atoms with Gasteiger partial charge in [0, 0.05) is 12.7 Å². The third-order valence-electron chi connectivity index (χ3n) is 2.70. The lowest BCUT2D eigenvalue weighted by Crippen LogP contribution is -2.23. The summed E-state index contributed by atoms with van der Waals surface area (Å²) in [5, 5.41) is 0.151. The third kappa shape index (κ3) is 5.10. The van der Waals surface area contributed by atoms with Crippen molar-refractivity contribution in [3.8, 4) is 5.75 Å². The van der Waals surface area contributed by atoms with E-state index >= 15 is 0 Å². The minimum atomic E-state index is -3.78. The van der Waals surface area contributed by atoms with Crippen LogP contribution in [0.25, 0.3) is 0 Å². The molecule has 0 aliphatic heterocycles. The summed E-state index contributed by atoms with van der Waals surface area (Å²) in [7, 11) is -3.78. The number of pyridine rings is 1. The number of hydrogen-bond acceptors (Lipinski definition) is 4. The van der Waals surface area contributed by atoms with Crippen molar-refractivity contribution in [1.82, 2.24) is 9.71 Å². The molecule has 0 saturated heterocycles. The van der Waals surface area contributed by atoms with Crippen LogP contribution >= 0.6 is 27.5 Å². The first kappa shape index (κ1) is 18.1. The van der Waals surface area contributed by atoms with Crippen molar-refractivity contribution < 1.29 is 21.9 Å². The van der Waals surface area contributed by atoms with Gasteiger partial charge in [0.15, 0.2) is 0 Å². The number of ether oxygens (including phenoxy) is 1. The van der Waals surface area contributed by atoms with E-state index in [1.165, 1.54) is 30.3 Å². The molecule has 1 N–H and O–H groups in total. The van der Waals surface area contributed by atoms with Gasteiger partial charge in [0.2, 0.25) is 10.0 Å². The second-order valence-corrected chi connectivity index (χ2v) is 7.27. The van der Waals surface area contributed by atoms with Gasteiger partial charge in [0.25, 0.3) is 0 Å². The van der Waals surface area contributed by atoms with E-state index in [0.29, 0.717) is 10.0 Å². The zero-order valence-electron chi connectivity index (χ0n) is 11.3. The number of rotatable bonds is 6. The Morgan fingerprint density at radius 2 is 1.96 bits per heavy atom. The Morgan fingerprint density at radius 1 is 1.30 bits per heavy atom. The Bertz CT molecular complexity index is 788. The Morgan fingerprint density at radius 3 is 2.52 bits per heavy atom. The molecule has 0 fully saturated rings. The van der Waals surface area contributed by atoms with E-state index in [9.17, 15) is 17.2 Å². The molecule has 0 saturated carbocycles. The zero-order chi connectivity index (χ0) is 17.0. The standard InChI is InChI=1S/C13H10BrClF2N2O3S/c14-11-5-10(7-18-12(11)15)23(20,21)19-6-8-1-3-9(4-2-8)22-13(16)17/h1-5,7,13,19H,6H2. The van der Waals surface area contributed by atoms with Crippen molar-refractivity contribution in [3.05, 3.63) is 51.7 Å². The van der Waals surface area contributed by atoms with Crippen molar-refractivity contribution in [3.63, 3.8) is 0 Å². The van der Waals surface area contributed by atoms with Crippen LogP contribution in [0.4, 0.5) is 8.78 Å². The Kier molecular flexibility index (Phi) is 5.90. The molecule has 1 heterocycles. The van der Waals surface area contributed by atoms with Gasteiger partial charge >= 0.3 is 6.61 Å². The monoisotopic (exact) mass is 426 g/mol. The average molecular weight is 428 g/mol. The quantitative estimate of drug-likeness (QED) is 0.716. The SMILES string of the molecule is O=S(=O)(NCc1ccc(OC(F)F)cc1)c1cnc(Cl)c(Br)c1. The van der Waals surface area contributed by atoms with Crippen LogP contribution in [-0.2, 0) is 16.6 Å². The highest BCUT2D eigenvalue weighted by Gasteiger charge is 2.16. The number of nitrogens with zero attached hydrogens (tertiary/aromatic N) is 1. The Balaban J connectivity index is 2.05. The van der Waals surface area contributed by atoms with Gasteiger partial charge in [-0.3, -0.25) is 0 Å². The van der Waals surface area contributed by atoms with Gasteiger partial charge in [-0.15, -0.1) is 0 Å². The number of nitrogens with one attached hydrogen (secondary N) is 1. The van der Waals surface area contributed by atoms with E-state index in [0.717, 1.165) is 6.20 Å². The first-order chi connectivity index (χ1) is 10.8. The minimum absolute atomic E-state index is 0.00237. The highest BCUT2D eigenvalue weighted by Crippen LogP contribution is 2.23. The van der Waals surface area contributed by atoms with Gasteiger partial charge in [-0.2, -0.15) is 8.78 Å². The van der Waals surface area contributed by atoms with Crippen LogP contribution in [0.1, 0.15) is 5.56 Å². The molecule has 1 aromatic heterocycles. The molecular weight excluding hydrogens is 418 g/mol. The number of aromatic nitrogens is 1. The number of hydrogen-bond donors (Lipinski definition) is 1. The maximum absolute atomic E-state index is 12.1. The third-order valence-corrected chi connectivity index (χ3v) is 5.20. The molecular formula is C13H10BrClF2N2O3S. The number of sulfonamides is 1. The predicted molar refractivity (Wildman–Crippen MR) is 84.0 cm³/mol. The fourth-order valence-electron chi connectivity index (χ4n) is 1.60. The topological polar surface area (TPSA) is 68.3 Å². The number of alkyl halides is 2. The van der Waals surface area contributed by atoms with Crippen molar-refractivity contribution in [2.24, 2.45) is 0 Å². The maximum atomic E-state index is 12.1. The van der Waals surface area contributed by atoms with Crippen LogP contribution in [0.15, 0.2) is 45.9 Å². The molecule has 0 radical (unpaired) electrons. The average Bonchev–Trinajstić information content (AvgIpc) is 2.49. The minimum Gasteiger partial charge on any atom is -0.435 e. The molecule has 0 amide bonds. The Labute approximate surface area is 144 Å². The fraction of sp³-hybridized carbons (Fsp3) is 0.154. The van der Waals surface area contributed by atoms with Crippen molar-refractivity contribution in [1.29, 1.82) is 0 Å². The molecule has 0 bridgehead atoms. The van der Waals surface area contributed by atoms with Crippen molar-refractivity contribution in [2.45, 2.75) is 18.1 Å². The molecule has 2 rings (SSSR count). The summed E-state index contributed by atoms with van der Waals surface area (Å²) >= 11 is 8.82. The zero-order valence-corrected chi connectivity index (χ0v) is 14.5. The van der Waals surface area contributed by atoms with Gasteiger partial charge in [-0.25, -0.2) is 18.1 Å². The van der Waals surface area contributed by atoms with E-state index < -0.39 is 16.6 Å². The summed E-state index contributed by atoms with van der Waals surface area (Å²) in [5.41, 5.74) is 0.580. The summed E-state index contributed by atoms with van der Waals surface area (Å²) in [5.74, 6) is -0.00237. The fourth-order valence-corrected chi connectivity index (χ4v) is 3.19. The largest absolute Gasteiger partial charge is 0.435 e. The lowest BCUT2D eigenvalue weighted by atomic mass is 10.2. The highest BCUT2D eigenvalue weighted by molar-refractivity contribution is 9.10. The summed E-state index contributed by atoms with van der Waals surface area (Å²) in [6.45, 7) is -2.92. The lowest BCUT2D eigenvalue weighted by molar-refractivity contribution is -0.0498. The Hall–Kier alpha value is -1.29. The molecule has 0 unspecified atom stereocenters. The van der Waals surface area contributed by atoms with Crippen molar-refractivity contribution >= 4 is 37.6 Å². The smallest absolute Gasteiger partial charge is 0.387 e. The van der Waals surface area contributed by atoms with E-state index in [-0.39, 0.29) is 22.3 Å². The summed E-state index contributed by atoms with van der Waals surface area (Å²) in [4.78, 5) is 3.70. The van der Waals surface area contributed by atoms with E-state index in [1.807, 2.05) is 0 Å². The van der Waals surface area contributed by atoms with Crippen LogP contribution in [0.3, 0.4) is 0 Å². The maximum Gasteiger partial charge on any atom is 0.387 e. The molecule has 0 atom stereocenters. The van der Waals surface area contributed by atoms with Crippen LogP contribution in [-0.4, -0.2) is 20.0 Å². The summed E-state index contributed by atoms with van der Waals surface area (Å²) in [6.07, 6.45) is 1.13. The molecule has 0 spiro atoms. The van der Waals surface area contributed by atoms with E-state index in [2.05, 4.69) is 30.4 Å².